The average molecular weight is 432 g/mol. The van der Waals surface area contributed by atoms with Crippen LogP contribution in [0.2, 0.25) is 0 Å². The smallest absolute Gasteiger partial charge is 0.191 e. The number of guanidine groups is 1. The van der Waals surface area contributed by atoms with Gasteiger partial charge in [-0.1, -0.05) is 26.3 Å². The van der Waals surface area contributed by atoms with Crippen LogP contribution < -0.4 is 10.6 Å². The summed E-state index contributed by atoms with van der Waals surface area (Å²) in [5.41, 5.74) is 0. The molecule has 0 bridgehead atoms. The van der Waals surface area contributed by atoms with Crippen LogP contribution in [0.3, 0.4) is 0 Å². The van der Waals surface area contributed by atoms with Gasteiger partial charge >= 0.3 is 0 Å². The lowest BCUT2D eigenvalue weighted by molar-refractivity contribution is 0.140. The Morgan fingerprint density at radius 3 is 2.73 bits per heavy atom. The van der Waals surface area contributed by atoms with Gasteiger partial charge in [0, 0.05) is 25.0 Å². The van der Waals surface area contributed by atoms with E-state index in [9.17, 15) is 0 Å². The van der Waals surface area contributed by atoms with Crippen molar-refractivity contribution < 1.29 is 0 Å². The van der Waals surface area contributed by atoms with Gasteiger partial charge < -0.3 is 15.2 Å². The molecule has 0 aliphatic carbocycles. The lowest BCUT2D eigenvalue weighted by Crippen LogP contribution is -2.45. The molecule has 0 saturated carbocycles. The quantitative estimate of drug-likeness (QED) is 0.361. The molecule has 3 heterocycles. The van der Waals surface area contributed by atoms with Gasteiger partial charge in [0.2, 0.25) is 0 Å². The normalized spacial score (nSPS) is 17.3. The second-order valence-corrected chi connectivity index (χ2v) is 9.28. The van der Waals surface area contributed by atoms with E-state index in [1.165, 1.54) is 30.8 Å². The third-order valence-electron chi connectivity index (χ3n) is 5.98. The number of thiophene rings is 1. The monoisotopic (exact) mass is 431 g/mol. The van der Waals surface area contributed by atoms with E-state index < -0.39 is 0 Å². The Hall–Kier alpha value is -1.93. The van der Waals surface area contributed by atoms with Crippen molar-refractivity contribution in [1.29, 1.82) is 0 Å². The van der Waals surface area contributed by atoms with Crippen molar-refractivity contribution in [3.8, 4) is 0 Å². The van der Waals surface area contributed by atoms with Crippen LogP contribution in [0.25, 0.3) is 0 Å². The molecule has 1 fully saturated rings. The van der Waals surface area contributed by atoms with E-state index in [0.29, 0.717) is 12.6 Å². The lowest BCUT2D eigenvalue weighted by atomic mass is 9.97. The van der Waals surface area contributed by atoms with Gasteiger partial charge in [0.05, 0.1) is 6.04 Å². The van der Waals surface area contributed by atoms with Crippen LogP contribution in [0.5, 0.6) is 0 Å². The number of aryl methyl sites for hydroxylation is 1. The molecule has 1 atom stereocenters. The number of unbranched alkanes of at least 4 members (excludes halogenated alkanes) is 1. The summed E-state index contributed by atoms with van der Waals surface area (Å²) < 4.78 is 2.00. The maximum absolute atomic E-state index is 4.81. The van der Waals surface area contributed by atoms with Crippen molar-refractivity contribution in [3.63, 3.8) is 0 Å². The summed E-state index contributed by atoms with van der Waals surface area (Å²) in [5.74, 6) is 3.48. The first-order chi connectivity index (χ1) is 14.6. The van der Waals surface area contributed by atoms with E-state index in [0.717, 1.165) is 49.5 Å². The molecule has 1 aliphatic heterocycles. The second-order valence-electron chi connectivity index (χ2n) is 8.30. The fourth-order valence-electron chi connectivity index (χ4n) is 3.72. The molecular weight excluding hydrogens is 394 g/mol. The zero-order chi connectivity index (χ0) is 21.3. The average Bonchev–Trinajstić information content (AvgIpc) is 3.38. The molecule has 1 aliphatic rings. The maximum Gasteiger partial charge on any atom is 0.191 e. The molecule has 7 nitrogen and oxygen atoms in total. The molecule has 2 aromatic heterocycles. The van der Waals surface area contributed by atoms with Gasteiger partial charge in [-0.25, -0.2) is 4.99 Å². The molecule has 0 amide bonds. The van der Waals surface area contributed by atoms with E-state index in [4.69, 9.17) is 4.99 Å². The zero-order valence-corrected chi connectivity index (χ0v) is 19.7. The number of likely N-dealkylation sites (tertiary alicyclic amines) is 1. The zero-order valence-electron chi connectivity index (χ0n) is 18.9. The summed E-state index contributed by atoms with van der Waals surface area (Å²) in [5, 5.41) is 17.7. The van der Waals surface area contributed by atoms with Gasteiger partial charge in [-0.05, 0) is 56.6 Å². The minimum Gasteiger partial charge on any atom is -0.356 e. The van der Waals surface area contributed by atoms with Crippen LogP contribution in [0.1, 0.15) is 62.1 Å². The topological polar surface area (TPSA) is 70.4 Å². The van der Waals surface area contributed by atoms with Crippen LogP contribution in [0.4, 0.5) is 0 Å². The molecule has 166 valence electrons. The summed E-state index contributed by atoms with van der Waals surface area (Å²) in [7, 11) is 1.99. The highest BCUT2D eigenvalue weighted by atomic mass is 32.1. The van der Waals surface area contributed by atoms with Crippen molar-refractivity contribution in [2.75, 3.05) is 26.2 Å². The van der Waals surface area contributed by atoms with Gasteiger partial charge in [0.15, 0.2) is 11.8 Å². The van der Waals surface area contributed by atoms with Crippen LogP contribution in [0, 0.1) is 12.8 Å². The Bertz CT molecular complexity index is 776. The Balaban J connectivity index is 1.67. The first-order valence-corrected chi connectivity index (χ1v) is 12.1. The maximum atomic E-state index is 4.81. The molecule has 0 radical (unpaired) electrons. The Kier molecular flexibility index (Phi) is 8.69. The highest BCUT2D eigenvalue weighted by molar-refractivity contribution is 7.10. The van der Waals surface area contributed by atoms with E-state index in [1.807, 2.05) is 29.9 Å². The number of nitrogens with zero attached hydrogens (tertiary/aromatic N) is 5. The van der Waals surface area contributed by atoms with Crippen LogP contribution in [-0.2, 0) is 13.6 Å². The third kappa shape index (κ3) is 6.28. The second kappa shape index (κ2) is 11.5. The summed E-state index contributed by atoms with van der Waals surface area (Å²) in [6, 6.07) is 4.80. The highest BCUT2D eigenvalue weighted by Crippen LogP contribution is 2.29. The molecule has 1 unspecified atom stereocenters. The van der Waals surface area contributed by atoms with Crippen molar-refractivity contribution in [2.24, 2.45) is 18.0 Å². The molecule has 0 aromatic carbocycles. The standard InChI is InChI=1S/C22H37N7S/c1-5-6-11-23-22(25-16-21-27-26-18(3)28(21)4)24-15-19(20-8-7-14-30-20)29-12-9-17(2)10-13-29/h7-8,14,17,19H,5-6,9-13,15-16H2,1-4H3,(H2,23,24,25). The number of nitrogens with one attached hydrogen (secondary N) is 2. The van der Waals surface area contributed by atoms with Crippen molar-refractivity contribution in [1.82, 2.24) is 30.3 Å². The Morgan fingerprint density at radius 2 is 2.10 bits per heavy atom. The Labute approximate surface area is 185 Å². The van der Waals surface area contributed by atoms with Crippen LogP contribution in [-0.4, -0.2) is 51.8 Å². The molecular formula is C22H37N7S. The van der Waals surface area contributed by atoms with Gasteiger partial charge in [-0.3, -0.25) is 4.90 Å². The van der Waals surface area contributed by atoms with E-state index in [-0.39, 0.29) is 0 Å². The fourth-order valence-corrected chi connectivity index (χ4v) is 4.58. The summed E-state index contributed by atoms with van der Waals surface area (Å²) >= 11 is 1.85. The third-order valence-corrected chi connectivity index (χ3v) is 6.95. The molecule has 0 spiro atoms. The van der Waals surface area contributed by atoms with Gasteiger partial charge in [-0.2, -0.15) is 0 Å². The summed E-state index contributed by atoms with van der Waals surface area (Å²) in [4.78, 5) is 8.86. The van der Waals surface area contributed by atoms with Crippen LogP contribution >= 0.6 is 11.3 Å². The number of hydrogen-bond acceptors (Lipinski definition) is 5. The van der Waals surface area contributed by atoms with Crippen LogP contribution in [0.15, 0.2) is 22.5 Å². The number of hydrogen-bond donors (Lipinski definition) is 2. The molecule has 2 N–H and O–H groups in total. The molecule has 30 heavy (non-hydrogen) atoms. The summed E-state index contributed by atoms with van der Waals surface area (Å²) in [6.07, 6.45) is 4.85. The molecule has 2 aromatic rings. The van der Waals surface area contributed by atoms with Gasteiger partial charge in [0.1, 0.15) is 12.4 Å². The number of aromatic nitrogens is 3. The summed E-state index contributed by atoms with van der Waals surface area (Å²) in [6.45, 7) is 11.2. The van der Waals surface area contributed by atoms with E-state index in [1.54, 1.807) is 0 Å². The first-order valence-electron chi connectivity index (χ1n) is 11.2. The highest BCUT2D eigenvalue weighted by Gasteiger charge is 2.25. The minimum absolute atomic E-state index is 0.382. The van der Waals surface area contributed by atoms with Crippen molar-refractivity contribution in [3.05, 3.63) is 34.0 Å². The SMILES string of the molecule is CCCCNC(=NCc1nnc(C)n1C)NCC(c1cccs1)N1CCC(C)CC1. The molecule has 1 saturated heterocycles. The predicted octanol–water partition coefficient (Wildman–Crippen LogP) is 3.49. The largest absolute Gasteiger partial charge is 0.356 e. The molecule has 3 rings (SSSR count). The minimum atomic E-state index is 0.382. The lowest BCUT2D eigenvalue weighted by Gasteiger charge is -2.36. The predicted molar refractivity (Wildman–Crippen MR) is 125 cm³/mol. The van der Waals surface area contributed by atoms with E-state index >= 15 is 0 Å². The van der Waals surface area contributed by atoms with Crippen molar-refractivity contribution >= 4 is 17.3 Å². The molecule has 8 heteroatoms. The fraction of sp³-hybridized carbons (Fsp3) is 0.682. The van der Waals surface area contributed by atoms with E-state index in [2.05, 4.69) is 57.1 Å². The number of aliphatic imine (C=N–C) groups is 1. The Morgan fingerprint density at radius 1 is 1.30 bits per heavy atom. The number of rotatable bonds is 9. The van der Waals surface area contributed by atoms with Crippen molar-refractivity contribution in [2.45, 2.75) is 59.0 Å². The first kappa shape index (κ1) is 22.7. The van der Waals surface area contributed by atoms with Gasteiger partial charge in [0.25, 0.3) is 0 Å². The number of piperidine rings is 1. The van der Waals surface area contributed by atoms with Gasteiger partial charge in [-0.15, -0.1) is 21.5 Å².